The summed E-state index contributed by atoms with van der Waals surface area (Å²) in [6, 6.07) is 0. The zero-order chi connectivity index (χ0) is 61.9. The van der Waals surface area contributed by atoms with Gasteiger partial charge in [0.15, 0.2) is 12.4 Å². The number of rotatable bonds is 63. The number of unbranched alkanes of at least 4 members (excludes halogenated alkanes) is 28. The molecule has 0 rings (SSSR count). The number of carbonyl (C=O) groups excluding carboxylic acids is 3. The Hall–Kier alpha value is -4.31. The molecule has 0 saturated carbocycles. The first-order chi connectivity index (χ1) is 41.6. The number of allylic oxidation sites excluding steroid dienone is 20. The molecule has 0 saturated heterocycles. The largest absolute Gasteiger partial charge is 0.545 e. The lowest BCUT2D eigenvalue weighted by Crippen LogP contribution is -2.44. The summed E-state index contributed by atoms with van der Waals surface area (Å²) in [5, 5.41) is 11.8. The van der Waals surface area contributed by atoms with Crippen LogP contribution in [0.3, 0.4) is 0 Å². The normalized spacial score (nSPS) is 13.5. The Labute approximate surface area is 523 Å². The number of ether oxygens (including phenoxy) is 4. The second kappa shape index (κ2) is 65.7. The van der Waals surface area contributed by atoms with Crippen molar-refractivity contribution in [1.29, 1.82) is 0 Å². The minimum Gasteiger partial charge on any atom is -0.545 e. The van der Waals surface area contributed by atoms with Crippen molar-refractivity contribution in [2.75, 3.05) is 47.5 Å². The van der Waals surface area contributed by atoms with Gasteiger partial charge in [0, 0.05) is 12.8 Å². The highest BCUT2D eigenvalue weighted by Gasteiger charge is 2.22. The Morgan fingerprint density at radius 3 is 1.00 bits per heavy atom. The summed E-state index contributed by atoms with van der Waals surface area (Å²) in [7, 11) is 5.93. The summed E-state index contributed by atoms with van der Waals surface area (Å²) in [6.45, 7) is 4.63. The minimum atomic E-state index is -1.63. The van der Waals surface area contributed by atoms with E-state index in [1.165, 1.54) is 154 Å². The topological polar surface area (TPSA) is 111 Å². The van der Waals surface area contributed by atoms with Gasteiger partial charge in [-0.15, -0.1) is 0 Å². The standard InChI is InChI=1S/C76H129NO8/c1-6-8-10-12-14-16-18-20-22-24-26-28-30-32-33-34-35-36-37-38-39-40-41-43-45-47-49-51-53-55-57-59-61-63-65-67-74(79)85-72(71-84-76(75(80)81)82-69-68-77(3,4)5)70-83-73(78)66-64-62-60-58-56-54-52-50-48-46-44-42-31-29-27-25-23-21-19-17-15-13-11-9-7-2/h8,10,14,16,19-22,25-28,31-33,35-36,38-39,42,72,76H,6-7,9,11-13,15,17-18,23-24,29-30,34,37,40-41,43-71H2,1-5H3/b10-8-,16-14-,21-19-,22-20-,27-25-,28-26-,33-32-,36-35-,39-38-,42-31-. The molecular formula is C76H129NO8. The molecule has 0 aromatic heterocycles. The van der Waals surface area contributed by atoms with Crippen molar-refractivity contribution in [2.24, 2.45) is 0 Å². The van der Waals surface area contributed by atoms with Crippen LogP contribution in [0.15, 0.2) is 122 Å². The van der Waals surface area contributed by atoms with Crippen LogP contribution in [0, 0.1) is 0 Å². The summed E-state index contributed by atoms with van der Waals surface area (Å²) in [5.41, 5.74) is 0. The zero-order valence-electron chi connectivity index (χ0n) is 55.4. The van der Waals surface area contributed by atoms with Gasteiger partial charge in [-0.25, -0.2) is 0 Å². The summed E-state index contributed by atoms with van der Waals surface area (Å²) >= 11 is 0. The molecule has 0 aliphatic heterocycles. The third-order valence-electron chi connectivity index (χ3n) is 14.7. The monoisotopic (exact) mass is 1180 g/mol. The molecule has 486 valence electrons. The average molecular weight is 1180 g/mol. The number of carboxylic acid groups (broad SMARTS) is 1. The van der Waals surface area contributed by atoms with Crippen LogP contribution in [0.25, 0.3) is 0 Å². The van der Waals surface area contributed by atoms with Gasteiger partial charge in [0.25, 0.3) is 0 Å². The van der Waals surface area contributed by atoms with Crippen LogP contribution in [-0.2, 0) is 33.3 Å². The molecule has 0 radical (unpaired) electrons. The van der Waals surface area contributed by atoms with Crippen molar-refractivity contribution in [3.05, 3.63) is 122 Å². The van der Waals surface area contributed by atoms with Crippen molar-refractivity contribution >= 4 is 17.9 Å². The molecule has 0 N–H and O–H groups in total. The van der Waals surface area contributed by atoms with Gasteiger partial charge in [-0.05, 0) is 109 Å². The molecule has 0 aromatic rings. The molecule has 9 heteroatoms. The van der Waals surface area contributed by atoms with E-state index in [9.17, 15) is 19.5 Å². The van der Waals surface area contributed by atoms with Gasteiger partial charge in [-0.1, -0.05) is 283 Å². The Kier molecular flexibility index (Phi) is 62.3. The molecule has 85 heavy (non-hydrogen) atoms. The molecule has 9 nitrogen and oxygen atoms in total. The molecule has 0 heterocycles. The van der Waals surface area contributed by atoms with Crippen molar-refractivity contribution in [1.82, 2.24) is 0 Å². The average Bonchev–Trinajstić information content (AvgIpc) is 3.48. The van der Waals surface area contributed by atoms with E-state index in [2.05, 4.69) is 135 Å². The maximum absolute atomic E-state index is 12.9. The fourth-order valence-corrected chi connectivity index (χ4v) is 9.41. The summed E-state index contributed by atoms with van der Waals surface area (Å²) in [6.07, 6.45) is 89.8. The predicted octanol–water partition coefficient (Wildman–Crippen LogP) is 20.2. The summed E-state index contributed by atoms with van der Waals surface area (Å²) < 4.78 is 22.8. The second-order valence-electron chi connectivity index (χ2n) is 24.1. The number of nitrogens with zero attached hydrogens (tertiary/aromatic N) is 1. The van der Waals surface area contributed by atoms with Crippen LogP contribution in [0.2, 0.25) is 0 Å². The zero-order valence-corrected chi connectivity index (χ0v) is 55.4. The Morgan fingerprint density at radius 2 is 0.671 bits per heavy atom. The SMILES string of the molecule is CC/C=C\C/C=C\C/C=C\C/C=C\C/C=C\C/C=C\C/C=C\CCCCCCCCCCCCCCCC(=O)OC(COC(=O)CCCCCCCCCCCC/C=C\C/C=C\C/C=C\CCCCCCC)COC(OCC[N+](C)(C)C)C(=O)[O-]. The van der Waals surface area contributed by atoms with E-state index in [1.54, 1.807) is 0 Å². The summed E-state index contributed by atoms with van der Waals surface area (Å²) in [4.78, 5) is 37.5. The van der Waals surface area contributed by atoms with E-state index in [0.29, 0.717) is 17.4 Å². The van der Waals surface area contributed by atoms with Gasteiger partial charge in [-0.2, -0.15) is 0 Å². The lowest BCUT2D eigenvalue weighted by atomic mass is 10.0. The quantitative estimate of drug-likeness (QED) is 0.0195. The number of carboxylic acids is 1. The van der Waals surface area contributed by atoms with Gasteiger partial charge >= 0.3 is 11.9 Å². The third-order valence-corrected chi connectivity index (χ3v) is 14.7. The maximum Gasteiger partial charge on any atom is 0.306 e. The lowest BCUT2D eigenvalue weighted by Gasteiger charge is -2.26. The molecule has 0 spiro atoms. The van der Waals surface area contributed by atoms with E-state index < -0.39 is 24.3 Å². The van der Waals surface area contributed by atoms with Gasteiger partial charge in [0.05, 0.1) is 40.3 Å². The van der Waals surface area contributed by atoms with Crippen molar-refractivity contribution in [2.45, 2.75) is 296 Å². The lowest BCUT2D eigenvalue weighted by molar-refractivity contribution is -0.870. The fraction of sp³-hybridized carbons (Fsp3) is 0.697. The van der Waals surface area contributed by atoms with Crippen molar-refractivity contribution < 1.29 is 42.9 Å². The molecule has 0 aliphatic carbocycles. The molecule has 2 unspecified atom stereocenters. The minimum absolute atomic E-state index is 0.142. The highest BCUT2D eigenvalue weighted by atomic mass is 16.7. The highest BCUT2D eigenvalue weighted by molar-refractivity contribution is 5.70. The third kappa shape index (κ3) is 67.1. The summed E-state index contributed by atoms with van der Waals surface area (Å²) in [5.74, 6) is -2.29. The first-order valence-electron chi connectivity index (χ1n) is 34.7. The van der Waals surface area contributed by atoms with Crippen LogP contribution in [0.4, 0.5) is 0 Å². The molecule has 0 amide bonds. The Bertz CT molecular complexity index is 1810. The van der Waals surface area contributed by atoms with Crippen LogP contribution in [-0.4, -0.2) is 82.3 Å². The van der Waals surface area contributed by atoms with E-state index in [0.717, 1.165) is 96.3 Å². The number of esters is 2. The van der Waals surface area contributed by atoms with Crippen molar-refractivity contribution in [3.8, 4) is 0 Å². The van der Waals surface area contributed by atoms with E-state index in [1.807, 2.05) is 21.1 Å². The van der Waals surface area contributed by atoms with Gasteiger partial charge in [0.2, 0.25) is 0 Å². The number of hydrogen-bond acceptors (Lipinski definition) is 8. The number of aliphatic carboxylic acids is 1. The van der Waals surface area contributed by atoms with Gasteiger partial charge in [0.1, 0.15) is 13.2 Å². The molecule has 0 aliphatic rings. The van der Waals surface area contributed by atoms with Gasteiger partial charge in [-0.3, -0.25) is 9.59 Å². The maximum atomic E-state index is 12.9. The van der Waals surface area contributed by atoms with Gasteiger partial charge < -0.3 is 33.3 Å². The first-order valence-corrected chi connectivity index (χ1v) is 34.7. The molecule has 0 aromatic carbocycles. The first kappa shape index (κ1) is 80.7. The van der Waals surface area contributed by atoms with Crippen LogP contribution in [0.1, 0.15) is 284 Å². The number of quaternary nitrogens is 1. The highest BCUT2D eigenvalue weighted by Crippen LogP contribution is 2.16. The molecule has 2 atom stereocenters. The Morgan fingerprint density at radius 1 is 0.365 bits per heavy atom. The molecule has 0 bridgehead atoms. The van der Waals surface area contributed by atoms with E-state index in [-0.39, 0.29) is 38.6 Å². The van der Waals surface area contributed by atoms with Crippen molar-refractivity contribution in [3.63, 3.8) is 0 Å². The van der Waals surface area contributed by atoms with Crippen LogP contribution < -0.4 is 5.11 Å². The second-order valence-corrected chi connectivity index (χ2v) is 24.1. The van der Waals surface area contributed by atoms with Crippen LogP contribution in [0.5, 0.6) is 0 Å². The smallest absolute Gasteiger partial charge is 0.306 e. The fourth-order valence-electron chi connectivity index (χ4n) is 9.41. The number of hydrogen-bond donors (Lipinski definition) is 0. The van der Waals surface area contributed by atoms with E-state index in [4.69, 9.17) is 18.9 Å². The molecule has 0 fully saturated rings. The van der Waals surface area contributed by atoms with E-state index >= 15 is 0 Å². The Balaban J connectivity index is 4.15. The predicted molar refractivity (Wildman–Crippen MR) is 361 cm³/mol. The number of likely N-dealkylation sites (N-methyl/N-ethyl adjacent to an activating group) is 1. The molecular weight excluding hydrogens is 1050 g/mol. The van der Waals surface area contributed by atoms with Crippen LogP contribution >= 0.6 is 0 Å². The number of carbonyl (C=O) groups is 3.